The van der Waals surface area contributed by atoms with Gasteiger partial charge >= 0.3 is 11.7 Å². The van der Waals surface area contributed by atoms with Crippen molar-refractivity contribution in [2.24, 2.45) is 5.73 Å². The lowest BCUT2D eigenvalue weighted by atomic mass is 10.1. The maximum Gasteiger partial charge on any atom is 0.327 e. The van der Waals surface area contributed by atoms with Gasteiger partial charge in [0.2, 0.25) is 0 Å². The number of nitrogens with two attached hydrogens (primary N) is 1. The number of ether oxygens (including phenoxy) is 1. The number of phenols is 1. The van der Waals surface area contributed by atoms with Crippen molar-refractivity contribution in [2.75, 3.05) is 7.11 Å². The van der Waals surface area contributed by atoms with Gasteiger partial charge in [-0.3, -0.25) is 14.9 Å². The molecule has 0 heterocycles. The number of hydrogen-bond donors (Lipinski definition) is 2. The maximum absolute atomic E-state index is 11.1. The Labute approximate surface area is 90.6 Å². The number of hydrogen-bond acceptors (Lipinski definition) is 6. The van der Waals surface area contributed by atoms with Gasteiger partial charge in [-0.15, -0.1) is 0 Å². The number of phenolic OH excluding ortho intramolecular Hbond substituents is 1. The Balaban J connectivity index is 3.12. The van der Waals surface area contributed by atoms with Gasteiger partial charge in [0, 0.05) is 6.07 Å². The molecule has 1 aromatic carbocycles. The Morgan fingerprint density at radius 3 is 2.75 bits per heavy atom. The van der Waals surface area contributed by atoms with Gasteiger partial charge in [0.15, 0.2) is 5.75 Å². The van der Waals surface area contributed by atoms with E-state index in [4.69, 9.17) is 5.73 Å². The summed E-state index contributed by atoms with van der Waals surface area (Å²) in [4.78, 5) is 20.9. The fourth-order valence-corrected chi connectivity index (χ4v) is 1.14. The number of benzene rings is 1. The highest BCUT2D eigenvalue weighted by atomic mass is 16.6. The normalized spacial score (nSPS) is 11.9. The van der Waals surface area contributed by atoms with Crippen LogP contribution in [0.5, 0.6) is 5.75 Å². The number of aromatic hydroxyl groups is 1. The third-order valence-corrected chi connectivity index (χ3v) is 2.01. The number of carbonyl (C=O) groups is 1. The van der Waals surface area contributed by atoms with Crippen LogP contribution in [0, 0.1) is 10.1 Å². The molecular weight excluding hydrogens is 216 g/mol. The summed E-state index contributed by atoms with van der Waals surface area (Å²) in [5, 5.41) is 19.7. The molecule has 0 saturated heterocycles. The molecule has 1 rings (SSSR count). The predicted octanol–water partition coefficient (Wildman–Crippen LogP) is 0.473. The van der Waals surface area contributed by atoms with Crippen molar-refractivity contribution in [3.05, 3.63) is 33.9 Å². The topological polar surface area (TPSA) is 116 Å². The van der Waals surface area contributed by atoms with Crippen molar-refractivity contribution in [1.82, 2.24) is 0 Å². The predicted molar refractivity (Wildman–Crippen MR) is 53.7 cm³/mol. The summed E-state index contributed by atoms with van der Waals surface area (Å²) in [6.07, 6.45) is 0. The molecule has 0 saturated carbocycles. The minimum absolute atomic E-state index is 0.205. The van der Waals surface area contributed by atoms with Crippen molar-refractivity contribution in [3.63, 3.8) is 0 Å². The number of nitrogens with zero attached hydrogens (tertiary/aromatic N) is 1. The molecular formula is C9H10N2O5. The standard InChI is InChI=1S/C9H10N2O5/c1-16-9(13)8(10)5-2-3-7(12)6(4-5)11(14)15/h2-4,8,12H,10H2,1H3/t8-/m0/s1. The Hall–Kier alpha value is -2.15. The number of rotatable bonds is 3. The minimum atomic E-state index is -1.11. The minimum Gasteiger partial charge on any atom is -0.502 e. The monoisotopic (exact) mass is 226 g/mol. The van der Waals surface area contributed by atoms with E-state index < -0.39 is 28.4 Å². The van der Waals surface area contributed by atoms with Crippen molar-refractivity contribution >= 4 is 11.7 Å². The summed E-state index contributed by atoms with van der Waals surface area (Å²) in [5.41, 5.74) is 5.19. The summed E-state index contributed by atoms with van der Waals surface area (Å²) >= 11 is 0. The Bertz CT molecular complexity index is 432. The van der Waals surface area contributed by atoms with Gasteiger partial charge in [-0.25, -0.2) is 0 Å². The number of nitro benzene ring substituents is 1. The van der Waals surface area contributed by atoms with Crippen LogP contribution in [0.3, 0.4) is 0 Å². The molecule has 0 unspecified atom stereocenters. The van der Waals surface area contributed by atoms with Gasteiger partial charge in [0.25, 0.3) is 0 Å². The molecule has 3 N–H and O–H groups in total. The van der Waals surface area contributed by atoms with Crippen LogP contribution in [0.15, 0.2) is 18.2 Å². The highest BCUT2D eigenvalue weighted by molar-refractivity contribution is 5.77. The SMILES string of the molecule is COC(=O)[C@@H](N)c1ccc(O)c([N+](=O)[O-])c1. The number of esters is 1. The zero-order chi connectivity index (χ0) is 12.3. The first-order valence-corrected chi connectivity index (χ1v) is 4.28. The summed E-state index contributed by atoms with van der Waals surface area (Å²) in [5.74, 6) is -1.19. The van der Waals surface area contributed by atoms with Crippen molar-refractivity contribution < 1.29 is 19.6 Å². The fraction of sp³-hybridized carbons (Fsp3) is 0.222. The molecule has 0 spiro atoms. The van der Waals surface area contributed by atoms with Crippen molar-refractivity contribution in [2.45, 2.75) is 6.04 Å². The lowest BCUT2D eigenvalue weighted by Crippen LogP contribution is -2.22. The highest BCUT2D eigenvalue weighted by Gasteiger charge is 2.21. The lowest BCUT2D eigenvalue weighted by molar-refractivity contribution is -0.385. The summed E-state index contributed by atoms with van der Waals surface area (Å²) in [7, 11) is 1.16. The first kappa shape index (κ1) is 11.9. The van der Waals surface area contributed by atoms with E-state index in [1.165, 1.54) is 6.07 Å². The first-order valence-electron chi connectivity index (χ1n) is 4.28. The molecule has 86 valence electrons. The van der Waals surface area contributed by atoms with E-state index in [2.05, 4.69) is 4.74 Å². The van der Waals surface area contributed by atoms with Crippen LogP contribution in [0.25, 0.3) is 0 Å². The third-order valence-electron chi connectivity index (χ3n) is 2.01. The second-order valence-corrected chi connectivity index (χ2v) is 3.01. The molecule has 7 heteroatoms. The smallest absolute Gasteiger partial charge is 0.327 e. The van der Waals surface area contributed by atoms with E-state index in [1.807, 2.05) is 0 Å². The Kier molecular flexibility index (Phi) is 3.41. The van der Waals surface area contributed by atoms with Crippen molar-refractivity contribution in [1.29, 1.82) is 0 Å². The van der Waals surface area contributed by atoms with E-state index in [0.29, 0.717) is 0 Å². The summed E-state index contributed by atoms with van der Waals surface area (Å²) < 4.78 is 4.40. The fourth-order valence-electron chi connectivity index (χ4n) is 1.14. The van der Waals surface area contributed by atoms with E-state index >= 15 is 0 Å². The van der Waals surface area contributed by atoms with Crippen LogP contribution in [-0.2, 0) is 9.53 Å². The van der Waals surface area contributed by atoms with Gasteiger partial charge in [0.1, 0.15) is 6.04 Å². The maximum atomic E-state index is 11.1. The highest BCUT2D eigenvalue weighted by Crippen LogP contribution is 2.28. The largest absolute Gasteiger partial charge is 0.502 e. The van der Waals surface area contributed by atoms with E-state index in [9.17, 15) is 20.0 Å². The average molecular weight is 226 g/mol. The quantitative estimate of drug-likeness (QED) is 0.439. The molecule has 0 aliphatic rings. The second kappa shape index (κ2) is 4.58. The van der Waals surface area contributed by atoms with Crippen LogP contribution in [0.2, 0.25) is 0 Å². The molecule has 16 heavy (non-hydrogen) atoms. The van der Waals surface area contributed by atoms with Crippen LogP contribution in [-0.4, -0.2) is 23.1 Å². The number of nitro groups is 1. The van der Waals surface area contributed by atoms with Crippen LogP contribution in [0.4, 0.5) is 5.69 Å². The third kappa shape index (κ3) is 2.26. The van der Waals surface area contributed by atoms with Crippen LogP contribution in [0.1, 0.15) is 11.6 Å². The summed E-state index contributed by atoms with van der Waals surface area (Å²) in [6.45, 7) is 0. The van der Waals surface area contributed by atoms with Gasteiger partial charge < -0.3 is 15.6 Å². The second-order valence-electron chi connectivity index (χ2n) is 3.01. The molecule has 1 aromatic rings. The van der Waals surface area contributed by atoms with Gasteiger partial charge in [-0.05, 0) is 11.6 Å². The van der Waals surface area contributed by atoms with Gasteiger partial charge in [-0.2, -0.15) is 0 Å². The molecule has 0 radical (unpaired) electrons. The molecule has 7 nitrogen and oxygen atoms in total. The van der Waals surface area contributed by atoms with Gasteiger partial charge in [0.05, 0.1) is 12.0 Å². The van der Waals surface area contributed by atoms with Crippen LogP contribution < -0.4 is 5.73 Å². The lowest BCUT2D eigenvalue weighted by Gasteiger charge is -2.09. The zero-order valence-corrected chi connectivity index (χ0v) is 8.41. The zero-order valence-electron chi connectivity index (χ0n) is 8.41. The van der Waals surface area contributed by atoms with E-state index in [0.717, 1.165) is 19.2 Å². The summed E-state index contributed by atoms with van der Waals surface area (Å²) in [6, 6.07) is 2.36. The molecule has 0 aromatic heterocycles. The van der Waals surface area contributed by atoms with E-state index in [-0.39, 0.29) is 5.56 Å². The average Bonchev–Trinajstić information content (AvgIpc) is 2.27. The molecule has 0 aliphatic heterocycles. The molecule has 1 atom stereocenters. The number of carbonyl (C=O) groups excluding carboxylic acids is 1. The van der Waals surface area contributed by atoms with Gasteiger partial charge in [-0.1, -0.05) is 6.07 Å². The molecule has 0 fully saturated rings. The molecule has 0 aliphatic carbocycles. The van der Waals surface area contributed by atoms with Crippen LogP contribution >= 0.6 is 0 Å². The first-order chi connectivity index (χ1) is 7.47. The van der Waals surface area contributed by atoms with Crippen molar-refractivity contribution in [3.8, 4) is 5.75 Å². The molecule has 0 bridgehead atoms. The Morgan fingerprint density at radius 2 is 2.25 bits per heavy atom. The Morgan fingerprint density at radius 1 is 1.62 bits per heavy atom. The van der Waals surface area contributed by atoms with E-state index in [1.54, 1.807) is 0 Å². The number of methoxy groups -OCH3 is 1. The molecule has 0 amide bonds.